The van der Waals surface area contributed by atoms with Crippen molar-refractivity contribution < 1.29 is 31.5 Å². The van der Waals surface area contributed by atoms with Gasteiger partial charge in [0, 0.05) is 24.0 Å². The third-order valence-electron chi connectivity index (χ3n) is 5.69. The van der Waals surface area contributed by atoms with Gasteiger partial charge in [-0.05, 0) is 49.3 Å². The van der Waals surface area contributed by atoms with Crippen LogP contribution in [0, 0.1) is 11.8 Å². The van der Waals surface area contributed by atoms with Crippen molar-refractivity contribution in [1.82, 2.24) is 4.72 Å². The van der Waals surface area contributed by atoms with Gasteiger partial charge in [-0.25, -0.2) is 8.42 Å². The number of carboxylic acids is 1. The van der Waals surface area contributed by atoms with E-state index in [0.717, 1.165) is 24.1 Å². The van der Waals surface area contributed by atoms with Crippen LogP contribution in [0.2, 0.25) is 0 Å². The number of aliphatic carboxylic acids is 1. The fourth-order valence-corrected chi connectivity index (χ4v) is 5.31. The van der Waals surface area contributed by atoms with Gasteiger partial charge in [-0.1, -0.05) is 42.5 Å². The first-order chi connectivity index (χ1) is 15.0. The molecule has 1 aromatic rings. The number of nitrogens with one attached hydrogen (secondary N) is 1. The molecule has 3 rings (SSSR count). The quantitative estimate of drug-likeness (QED) is 0.359. The van der Waals surface area contributed by atoms with Gasteiger partial charge in [0.25, 0.3) is 0 Å². The van der Waals surface area contributed by atoms with E-state index < -0.39 is 27.7 Å². The van der Waals surface area contributed by atoms with Gasteiger partial charge < -0.3 is 5.11 Å². The minimum atomic E-state index is -4.47. The van der Waals surface area contributed by atoms with Crippen molar-refractivity contribution in [3.05, 3.63) is 71.0 Å². The maximum absolute atomic E-state index is 12.9. The molecule has 0 spiro atoms. The molecule has 0 aliphatic heterocycles. The van der Waals surface area contributed by atoms with Crippen LogP contribution in [-0.4, -0.2) is 25.2 Å². The van der Waals surface area contributed by atoms with E-state index in [-0.39, 0.29) is 30.4 Å². The zero-order valence-corrected chi connectivity index (χ0v) is 18.3. The van der Waals surface area contributed by atoms with Crippen LogP contribution in [0.4, 0.5) is 13.2 Å². The lowest BCUT2D eigenvalue weighted by Gasteiger charge is -2.18. The fourth-order valence-electron chi connectivity index (χ4n) is 4.09. The highest BCUT2D eigenvalue weighted by Crippen LogP contribution is 2.44. The Morgan fingerprint density at radius 3 is 2.66 bits per heavy atom. The zero-order chi connectivity index (χ0) is 23.4. The van der Waals surface area contributed by atoms with E-state index >= 15 is 0 Å². The van der Waals surface area contributed by atoms with E-state index in [2.05, 4.69) is 10.8 Å². The molecule has 5 nitrogen and oxygen atoms in total. The first kappa shape index (κ1) is 24.1. The van der Waals surface area contributed by atoms with E-state index in [9.17, 15) is 26.4 Å². The molecule has 0 amide bonds. The van der Waals surface area contributed by atoms with Crippen LogP contribution in [0.15, 0.2) is 59.8 Å². The average Bonchev–Trinajstić information content (AvgIpc) is 3.31. The Morgan fingerprint density at radius 2 is 1.94 bits per heavy atom. The van der Waals surface area contributed by atoms with Crippen molar-refractivity contribution >= 4 is 16.0 Å². The number of hydrogen-bond acceptors (Lipinski definition) is 3. The Bertz CT molecular complexity index is 1040. The highest BCUT2D eigenvalue weighted by atomic mass is 32.2. The van der Waals surface area contributed by atoms with Gasteiger partial charge in [-0.2, -0.15) is 13.2 Å². The Hall–Kier alpha value is -2.55. The van der Waals surface area contributed by atoms with E-state index in [1.165, 1.54) is 12.1 Å². The number of allylic oxidation sites excluding steroid dienone is 5. The number of carbonyl (C=O) groups is 1. The van der Waals surface area contributed by atoms with Gasteiger partial charge in [0.2, 0.25) is 10.0 Å². The molecule has 2 unspecified atom stereocenters. The average molecular weight is 470 g/mol. The van der Waals surface area contributed by atoms with Gasteiger partial charge in [0.1, 0.15) is 0 Å². The van der Waals surface area contributed by atoms with Gasteiger partial charge in [-0.15, -0.1) is 0 Å². The topological polar surface area (TPSA) is 83.5 Å². The van der Waals surface area contributed by atoms with Crippen LogP contribution in [0.5, 0.6) is 0 Å². The molecule has 32 heavy (non-hydrogen) atoms. The van der Waals surface area contributed by atoms with Crippen molar-refractivity contribution in [3.63, 3.8) is 0 Å². The van der Waals surface area contributed by atoms with Crippen molar-refractivity contribution in [2.24, 2.45) is 11.8 Å². The molecule has 0 radical (unpaired) electrons. The molecule has 1 aromatic carbocycles. The van der Waals surface area contributed by atoms with Crippen LogP contribution < -0.4 is 4.72 Å². The summed E-state index contributed by atoms with van der Waals surface area (Å²) in [7, 11) is -3.73. The molecule has 9 heteroatoms. The Labute approximate surface area is 185 Å². The number of aryl methyl sites for hydroxylation is 1. The van der Waals surface area contributed by atoms with Crippen LogP contribution >= 0.6 is 0 Å². The van der Waals surface area contributed by atoms with E-state index in [1.54, 1.807) is 0 Å². The number of unbranched alkanes of at least 4 members (excludes halogenated alkanes) is 1. The zero-order valence-electron chi connectivity index (χ0n) is 17.4. The predicted octanol–water partition coefficient (Wildman–Crippen LogP) is 4.83. The Balaban J connectivity index is 1.61. The van der Waals surface area contributed by atoms with Crippen molar-refractivity contribution in [2.45, 2.75) is 44.7 Å². The molecule has 2 aliphatic rings. The normalized spacial score (nSPS) is 20.5. The SMILES string of the molecule is O=C(O)CCCC=CCC1=C(NS(=O)(=O)CCc2cccc(C(F)(F)F)c2)C2C=CC1C2. The van der Waals surface area contributed by atoms with Gasteiger partial charge in [0.05, 0.1) is 11.3 Å². The maximum Gasteiger partial charge on any atom is 0.416 e. The number of benzene rings is 1. The van der Waals surface area contributed by atoms with Crippen LogP contribution in [-0.2, 0) is 27.4 Å². The highest BCUT2D eigenvalue weighted by molar-refractivity contribution is 7.89. The van der Waals surface area contributed by atoms with E-state index in [0.29, 0.717) is 30.5 Å². The van der Waals surface area contributed by atoms with E-state index in [4.69, 9.17) is 5.11 Å². The van der Waals surface area contributed by atoms with Crippen molar-refractivity contribution in [1.29, 1.82) is 0 Å². The number of carboxylic acid groups (broad SMARTS) is 1. The Kier molecular flexibility index (Phi) is 7.48. The second-order valence-electron chi connectivity index (χ2n) is 8.10. The largest absolute Gasteiger partial charge is 0.481 e. The minimum absolute atomic E-state index is 0.00116. The summed E-state index contributed by atoms with van der Waals surface area (Å²) in [5.41, 5.74) is 1.18. The van der Waals surface area contributed by atoms with Gasteiger partial charge in [-0.3, -0.25) is 9.52 Å². The van der Waals surface area contributed by atoms with Crippen molar-refractivity contribution in [2.75, 3.05) is 5.75 Å². The summed E-state index contributed by atoms with van der Waals surface area (Å²) in [6.45, 7) is 0. The fraction of sp³-hybridized carbons (Fsp3) is 0.435. The highest BCUT2D eigenvalue weighted by Gasteiger charge is 2.36. The summed E-state index contributed by atoms with van der Waals surface area (Å²) in [6, 6.07) is 4.72. The maximum atomic E-state index is 12.9. The summed E-state index contributed by atoms with van der Waals surface area (Å²) in [4.78, 5) is 10.6. The number of halogens is 3. The second-order valence-corrected chi connectivity index (χ2v) is 9.94. The number of alkyl halides is 3. The predicted molar refractivity (Wildman–Crippen MR) is 115 cm³/mol. The number of hydrogen-bond donors (Lipinski definition) is 2. The molecule has 2 atom stereocenters. The monoisotopic (exact) mass is 469 g/mol. The number of fused-ring (bicyclic) bond motifs is 2. The van der Waals surface area contributed by atoms with Crippen LogP contribution in [0.1, 0.15) is 43.2 Å². The first-order valence-electron chi connectivity index (χ1n) is 10.5. The van der Waals surface area contributed by atoms with E-state index in [1.807, 2.05) is 18.2 Å². The van der Waals surface area contributed by atoms with Gasteiger partial charge in [0.15, 0.2) is 0 Å². The summed E-state index contributed by atoms with van der Waals surface area (Å²) in [6.07, 6.45) is 6.09. The van der Waals surface area contributed by atoms with Crippen molar-refractivity contribution in [3.8, 4) is 0 Å². The lowest BCUT2D eigenvalue weighted by molar-refractivity contribution is -0.138. The standard InChI is InChI=1S/C23H26F3NO4S/c24-23(25,26)19-7-5-6-16(14-19)12-13-32(30,31)27-22-18-11-10-17(15-18)20(22)8-3-1-2-4-9-21(28)29/h1,3,5-7,10-11,14,17-18,27H,2,4,8-9,12-13,15H2,(H,28,29). The molecular weight excluding hydrogens is 443 g/mol. The number of sulfonamides is 1. The summed E-state index contributed by atoms with van der Waals surface area (Å²) >= 11 is 0. The van der Waals surface area contributed by atoms with Crippen LogP contribution in [0.3, 0.4) is 0 Å². The second kappa shape index (κ2) is 9.94. The molecule has 2 bridgehead atoms. The molecule has 2 aliphatic carbocycles. The number of rotatable bonds is 11. The molecule has 0 fully saturated rings. The molecule has 0 heterocycles. The summed E-state index contributed by atoms with van der Waals surface area (Å²) in [5, 5.41) is 8.67. The molecule has 2 N–H and O–H groups in total. The van der Waals surface area contributed by atoms with Gasteiger partial charge >= 0.3 is 12.1 Å². The molecule has 0 saturated carbocycles. The first-order valence-corrected chi connectivity index (χ1v) is 12.1. The molecule has 0 aromatic heterocycles. The van der Waals surface area contributed by atoms with Crippen LogP contribution in [0.25, 0.3) is 0 Å². The lowest BCUT2D eigenvalue weighted by atomic mass is 9.98. The smallest absolute Gasteiger partial charge is 0.416 e. The summed E-state index contributed by atoms with van der Waals surface area (Å²) in [5.74, 6) is -0.971. The lowest BCUT2D eigenvalue weighted by Crippen LogP contribution is -2.29. The molecule has 0 saturated heterocycles. The molecular formula is C23H26F3NO4S. The molecule has 174 valence electrons. The Morgan fingerprint density at radius 1 is 1.19 bits per heavy atom. The minimum Gasteiger partial charge on any atom is -0.481 e. The third kappa shape index (κ3) is 6.48. The summed E-state index contributed by atoms with van der Waals surface area (Å²) < 4.78 is 66.7. The third-order valence-corrected chi connectivity index (χ3v) is 6.97.